The van der Waals surface area contributed by atoms with Crippen LogP contribution in [0, 0.1) is 0 Å². The summed E-state index contributed by atoms with van der Waals surface area (Å²) >= 11 is 2.96. The minimum Gasteiger partial charge on any atom is -0.354 e. The molecule has 9 heteroatoms. The van der Waals surface area contributed by atoms with Crippen LogP contribution in [0.3, 0.4) is 0 Å². The predicted octanol–water partition coefficient (Wildman–Crippen LogP) is 2.64. The van der Waals surface area contributed by atoms with Crippen LogP contribution < -0.4 is 10.6 Å². The van der Waals surface area contributed by atoms with E-state index in [-0.39, 0.29) is 36.1 Å². The largest absolute Gasteiger partial charge is 0.354 e. The third-order valence-corrected chi connectivity index (χ3v) is 7.10. The van der Waals surface area contributed by atoms with Crippen molar-refractivity contribution in [3.05, 3.63) is 47.0 Å². The van der Waals surface area contributed by atoms with Gasteiger partial charge in [0.25, 0.3) is 5.91 Å². The zero-order chi connectivity index (χ0) is 19.9. The van der Waals surface area contributed by atoms with E-state index >= 15 is 0 Å². The first kappa shape index (κ1) is 18.9. The van der Waals surface area contributed by atoms with Gasteiger partial charge >= 0.3 is 0 Å². The number of anilines is 1. The Labute approximate surface area is 170 Å². The highest BCUT2D eigenvalue weighted by atomic mass is 32.2. The van der Waals surface area contributed by atoms with Gasteiger partial charge in [-0.1, -0.05) is 18.2 Å². The molecular formula is C19H20N4O3S2. The monoisotopic (exact) mass is 416 g/mol. The number of thiazole rings is 1. The van der Waals surface area contributed by atoms with Crippen LogP contribution in [0.15, 0.2) is 35.8 Å². The van der Waals surface area contributed by atoms with Crippen molar-refractivity contribution in [1.82, 2.24) is 15.2 Å². The Morgan fingerprint density at radius 2 is 2.07 bits per heavy atom. The average molecular weight is 417 g/mol. The zero-order valence-electron chi connectivity index (χ0n) is 15.5. The second kappa shape index (κ2) is 7.21. The highest BCUT2D eigenvalue weighted by Crippen LogP contribution is 2.56. The molecule has 28 heavy (non-hydrogen) atoms. The molecule has 2 aliphatic heterocycles. The van der Waals surface area contributed by atoms with Crippen LogP contribution in [0.5, 0.6) is 0 Å². The van der Waals surface area contributed by atoms with Crippen molar-refractivity contribution >= 4 is 46.0 Å². The number of rotatable bonds is 5. The standard InChI is InChI=1S/C19H20N4O3S2/c1-19(2)14(15(25)20-8-7-13(24)22-18-21-9-10-27-18)23-16(26)11-5-3-4-6-12(11)17(23)28-19/h3-6,9-10,14,17H,7-8H2,1-2H3,(H,20,25)(H,21,22,24)/t14-,17+/m0/s1. The Morgan fingerprint density at radius 3 is 2.82 bits per heavy atom. The summed E-state index contributed by atoms with van der Waals surface area (Å²) < 4.78 is -0.429. The van der Waals surface area contributed by atoms with Crippen LogP contribution in [-0.4, -0.2) is 44.9 Å². The first-order chi connectivity index (χ1) is 13.4. The zero-order valence-corrected chi connectivity index (χ0v) is 17.1. The number of benzene rings is 1. The van der Waals surface area contributed by atoms with Gasteiger partial charge in [-0.25, -0.2) is 4.98 Å². The van der Waals surface area contributed by atoms with Gasteiger partial charge in [0.2, 0.25) is 11.8 Å². The van der Waals surface area contributed by atoms with Crippen molar-refractivity contribution in [1.29, 1.82) is 0 Å². The molecule has 0 bridgehead atoms. The summed E-state index contributed by atoms with van der Waals surface area (Å²) in [6.07, 6.45) is 1.76. The van der Waals surface area contributed by atoms with E-state index in [2.05, 4.69) is 15.6 Å². The maximum absolute atomic E-state index is 12.9. The molecule has 2 atom stereocenters. The smallest absolute Gasteiger partial charge is 0.256 e. The fourth-order valence-corrected chi connectivity index (χ4v) is 5.80. The second-order valence-corrected chi connectivity index (χ2v) is 9.83. The lowest BCUT2D eigenvalue weighted by Gasteiger charge is -2.29. The number of hydrogen-bond donors (Lipinski definition) is 2. The molecule has 0 saturated carbocycles. The SMILES string of the molecule is CC1(C)S[C@@H]2c3ccccc3C(=O)N2[C@H]1C(=O)NCCC(=O)Nc1nccs1. The first-order valence-corrected chi connectivity index (χ1v) is 10.7. The number of nitrogens with zero attached hydrogens (tertiary/aromatic N) is 2. The van der Waals surface area contributed by atoms with Gasteiger partial charge in [0.1, 0.15) is 11.4 Å². The third-order valence-electron chi connectivity index (χ3n) is 4.87. The van der Waals surface area contributed by atoms with Crippen LogP contribution in [0.25, 0.3) is 0 Å². The molecule has 0 radical (unpaired) electrons. The molecule has 0 spiro atoms. The lowest BCUT2D eigenvalue weighted by molar-refractivity contribution is -0.126. The van der Waals surface area contributed by atoms with Gasteiger partial charge in [-0.2, -0.15) is 0 Å². The summed E-state index contributed by atoms with van der Waals surface area (Å²) in [5.41, 5.74) is 1.62. The summed E-state index contributed by atoms with van der Waals surface area (Å²) in [6.45, 7) is 4.16. The highest BCUT2D eigenvalue weighted by Gasteiger charge is 2.57. The van der Waals surface area contributed by atoms with Crippen LogP contribution in [0.2, 0.25) is 0 Å². The number of nitrogens with one attached hydrogen (secondary N) is 2. The van der Waals surface area contributed by atoms with Gasteiger partial charge in [0, 0.05) is 34.9 Å². The van der Waals surface area contributed by atoms with E-state index in [0.717, 1.165) is 5.56 Å². The molecule has 3 heterocycles. The quantitative estimate of drug-likeness (QED) is 0.782. The predicted molar refractivity (Wildman–Crippen MR) is 109 cm³/mol. The second-order valence-electron chi connectivity index (χ2n) is 7.20. The molecule has 3 amide bonds. The van der Waals surface area contributed by atoms with Gasteiger partial charge in [-0.15, -0.1) is 23.1 Å². The maximum atomic E-state index is 12.9. The van der Waals surface area contributed by atoms with Crippen LogP contribution in [-0.2, 0) is 9.59 Å². The molecule has 1 fully saturated rings. The number of carbonyl (C=O) groups is 3. The van der Waals surface area contributed by atoms with Crippen molar-refractivity contribution in [2.45, 2.75) is 36.4 Å². The lowest BCUT2D eigenvalue weighted by atomic mass is 10.0. The fourth-order valence-electron chi connectivity index (χ4n) is 3.67. The third kappa shape index (κ3) is 3.29. The van der Waals surface area contributed by atoms with E-state index in [1.807, 2.05) is 38.1 Å². The van der Waals surface area contributed by atoms with Crippen molar-refractivity contribution in [2.24, 2.45) is 0 Å². The van der Waals surface area contributed by atoms with Crippen LogP contribution >= 0.6 is 23.1 Å². The molecule has 2 N–H and O–H groups in total. The minimum absolute atomic E-state index is 0.111. The van der Waals surface area contributed by atoms with E-state index in [0.29, 0.717) is 10.7 Å². The van der Waals surface area contributed by atoms with Gasteiger partial charge < -0.3 is 15.5 Å². The van der Waals surface area contributed by atoms with E-state index in [9.17, 15) is 14.4 Å². The fraction of sp³-hybridized carbons (Fsp3) is 0.368. The summed E-state index contributed by atoms with van der Waals surface area (Å²) in [6, 6.07) is 6.91. The average Bonchev–Trinajstić information content (AvgIpc) is 3.31. The number of carbonyl (C=O) groups excluding carboxylic acids is 3. The Balaban J connectivity index is 1.41. The number of amides is 3. The topological polar surface area (TPSA) is 91.4 Å². The van der Waals surface area contributed by atoms with Crippen LogP contribution in [0.1, 0.15) is 41.6 Å². The summed E-state index contributed by atoms with van der Waals surface area (Å²) in [5.74, 6) is -0.554. The van der Waals surface area contributed by atoms with Gasteiger partial charge in [-0.3, -0.25) is 14.4 Å². The summed E-state index contributed by atoms with van der Waals surface area (Å²) in [5, 5.41) is 7.67. The van der Waals surface area contributed by atoms with Crippen molar-refractivity contribution in [2.75, 3.05) is 11.9 Å². The van der Waals surface area contributed by atoms with E-state index in [1.165, 1.54) is 11.3 Å². The van der Waals surface area contributed by atoms with E-state index < -0.39 is 10.8 Å². The molecule has 0 unspecified atom stereocenters. The summed E-state index contributed by atoms with van der Waals surface area (Å²) in [4.78, 5) is 43.5. The van der Waals surface area contributed by atoms with Gasteiger partial charge in [0.15, 0.2) is 5.13 Å². The van der Waals surface area contributed by atoms with E-state index in [1.54, 1.807) is 28.2 Å². The Bertz CT molecular complexity index is 929. The lowest BCUT2D eigenvalue weighted by Crippen LogP contribution is -2.52. The molecule has 4 rings (SSSR count). The Morgan fingerprint density at radius 1 is 1.29 bits per heavy atom. The molecule has 146 valence electrons. The van der Waals surface area contributed by atoms with Gasteiger partial charge in [0.05, 0.1) is 0 Å². The Hall–Kier alpha value is -2.39. The van der Waals surface area contributed by atoms with Crippen molar-refractivity contribution in [3.8, 4) is 0 Å². The molecule has 1 saturated heterocycles. The molecule has 2 aliphatic rings. The molecule has 1 aromatic heterocycles. The van der Waals surface area contributed by atoms with Crippen LogP contribution in [0.4, 0.5) is 5.13 Å². The summed E-state index contributed by atoms with van der Waals surface area (Å²) in [7, 11) is 0. The maximum Gasteiger partial charge on any atom is 0.256 e. The molecule has 2 aromatic rings. The number of fused-ring (bicyclic) bond motifs is 3. The number of aromatic nitrogens is 1. The van der Waals surface area contributed by atoms with E-state index in [4.69, 9.17) is 0 Å². The Kier molecular flexibility index (Phi) is 4.88. The molecular weight excluding hydrogens is 396 g/mol. The van der Waals surface area contributed by atoms with Crippen molar-refractivity contribution < 1.29 is 14.4 Å². The molecule has 1 aromatic carbocycles. The highest BCUT2D eigenvalue weighted by molar-refractivity contribution is 8.01. The molecule has 7 nitrogen and oxygen atoms in total. The minimum atomic E-state index is -0.593. The normalized spacial score (nSPS) is 21.9. The molecule has 0 aliphatic carbocycles. The number of hydrogen-bond acceptors (Lipinski definition) is 6. The van der Waals surface area contributed by atoms with Gasteiger partial charge in [-0.05, 0) is 25.5 Å². The first-order valence-electron chi connectivity index (χ1n) is 8.95. The number of thioether (sulfide) groups is 1. The van der Waals surface area contributed by atoms with Crippen molar-refractivity contribution in [3.63, 3.8) is 0 Å².